The zero-order valence-corrected chi connectivity index (χ0v) is 12.3. The van der Waals surface area contributed by atoms with E-state index in [1.165, 1.54) is 0 Å². The van der Waals surface area contributed by atoms with E-state index in [0.717, 1.165) is 0 Å². The number of Topliss-reactive ketones (excluding diaryl/α,β-unsaturated/α-hetero) is 2. The van der Waals surface area contributed by atoms with Gasteiger partial charge in [-0.3, -0.25) is 14.4 Å². The van der Waals surface area contributed by atoms with Gasteiger partial charge in [-0.1, -0.05) is 13.8 Å². The van der Waals surface area contributed by atoms with Crippen LogP contribution >= 0.6 is 0 Å². The summed E-state index contributed by atoms with van der Waals surface area (Å²) in [7, 11) is 0. The summed E-state index contributed by atoms with van der Waals surface area (Å²) in [5, 5.41) is 0. The Morgan fingerprint density at radius 3 is 2.19 bits per heavy atom. The van der Waals surface area contributed by atoms with Gasteiger partial charge in [-0.05, 0) is 12.3 Å². The SMILES string of the molecule is CCOC(=O)C1C(=O)CC(C)(C)CC1=O.[H-].[Na+]. The number of ether oxygens (including phenoxy) is 1. The maximum Gasteiger partial charge on any atom is 1.00 e. The zero-order chi connectivity index (χ0) is 11.6. The molecule has 0 aliphatic heterocycles. The molecule has 1 saturated carbocycles. The predicted molar refractivity (Wildman–Crippen MR) is 54.3 cm³/mol. The fourth-order valence-electron chi connectivity index (χ4n) is 1.88. The second-order valence-corrected chi connectivity index (χ2v) is 4.64. The summed E-state index contributed by atoms with van der Waals surface area (Å²) in [6, 6.07) is 0. The Hall–Kier alpha value is -0.190. The Labute approximate surface area is 119 Å². The van der Waals surface area contributed by atoms with Crippen molar-refractivity contribution in [3.8, 4) is 0 Å². The standard InChI is InChI=1S/C11H16O4.Na.H/c1-4-15-10(14)9-7(12)5-11(2,3)6-8(9)13;;/h9H,4-6H2,1-3H3;;/q;+1;-1. The number of hydrogen-bond acceptors (Lipinski definition) is 4. The molecule has 0 amide bonds. The molecule has 0 aromatic carbocycles. The molecule has 0 aromatic heterocycles. The molecule has 0 heterocycles. The molecule has 16 heavy (non-hydrogen) atoms. The van der Waals surface area contributed by atoms with E-state index in [0.29, 0.717) is 0 Å². The molecule has 0 atom stereocenters. The Kier molecular flexibility index (Phi) is 5.87. The first-order valence-corrected chi connectivity index (χ1v) is 5.09. The maximum absolute atomic E-state index is 11.6. The van der Waals surface area contributed by atoms with E-state index in [4.69, 9.17) is 4.74 Å². The van der Waals surface area contributed by atoms with Crippen molar-refractivity contribution in [1.82, 2.24) is 0 Å². The van der Waals surface area contributed by atoms with E-state index in [-0.39, 0.29) is 67.4 Å². The summed E-state index contributed by atoms with van der Waals surface area (Å²) in [5.41, 5.74) is -0.322. The van der Waals surface area contributed by atoms with Crippen LogP contribution in [0, 0.1) is 11.3 Å². The summed E-state index contributed by atoms with van der Waals surface area (Å²) >= 11 is 0. The summed E-state index contributed by atoms with van der Waals surface area (Å²) in [6.07, 6.45) is 0.532. The Bertz CT molecular complexity index is 295. The number of hydrogen-bond donors (Lipinski definition) is 0. The fourth-order valence-corrected chi connectivity index (χ4v) is 1.88. The molecule has 1 aliphatic carbocycles. The molecule has 0 aromatic rings. The third-order valence-corrected chi connectivity index (χ3v) is 2.47. The van der Waals surface area contributed by atoms with Crippen LogP contribution in [0.5, 0.6) is 0 Å². The molecule has 0 bridgehead atoms. The molecule has 86 valence electrons. The fraction of sp³-hybridized carbons (Fsp3) is 0.727. The topological polar surface area (TPSA) is 60.4 Å². The van der Waals surface area contributed by atoms with Gasteiger partial charge in [0.15, 0.2) is 17.5 Å². The minimum atomic E-state index is -1.17. The molecule has 4 nitrogen and oxygen atoms in total. The van der Waals surface area contributed by atoms with Gasteiger partial charge in [0.2, 0.25) is 0 Å². The van der Waals surface area contributed by atoms with E-state index in [1.54, 1.807) is 6.92 Å². The molecular weight excluding hydrogens is 219 g/mol. The van der Waals surface area contributed by atoms with Crippen LogP contribution < -0.4 is 29.6 Å². The maximum atomic E-state index is 11.6. The number of esters is 1. The van der Waals surface area contributed by atoms with E-state index in [9.17, 15) is 14.4 Å². The van der Waals surface area contributed by atoms with Crippen LogP contribution in [0.4, 0.5) is 0 Å². The van der Waals surface area contributed by atoms with Crippen LogP contribution in [-0.2, 0) is 19.1 Å². The van der Waals surface area contributed by atoms with E-state index in [2.05, 4.69) is 0 Å². The third-order valence-electron chi connectivity index (χ3n) is 2.47. The van der Waals surface area contributed by atoms with Gasteiger partial charge >= 0.3 is 35.5 Å². The van der Waals surface area contributed by atoms with Crippen molar-refractivity contribution in [1.29, 1.82) is 0 Å². The minimum absolute atomic E-state index is 0. The summed E-state index contributed by atoms with van der Waals surface area (Å²) in [5.74, 6) is -2.48. The second kappa shape index (κ2) is 5.94. The third kappa shape index (κ3) is 3.68. The van der Waals surface area contributed by atoms with Gasteiger partial charge in [-0.2, -0.15) is 0 Å². The van der Waals surface area contributed by atoms with E-state index >= 15 is 0 Å². The molecule has 0 N–H and O–H groups in total. The first-order valence-electron chi connectivity index (χ1n) is 5.09. The van der Waals surface area contributed by atoms with Crippen molar-refractivity contribution >= 4 is 17.5 Å². The minimum Gasteiger partial charge on any atom is -1.00 e. The van der Waals surface area contributed by atoms with Crippen LogP contribution in [0.2, 0.25) is 0 Å². The number of rotatable bonds is 2. The predicted octanol–water partition coefficient (Wildman–Crippen LogP) is -1.76. The van der Waals surface area contributed by atoms with Gasteiger partial charge in [0, 0.05) is 12.8 Å². The molecule has 1 fully saturated rings. The molecule has 0 saturated heterocycles. The van der Waals surface area contributed by atoms with Crippen LogP contribution in [0.1, 0.15) is 35.0 Å². The zero-order valence-electron chi connectivity index (χ0n) is 11.3. The number of carbonyl (C=O) groups is 3. The van der Waals surface area contributed by atoms with Gasteiger partial charge in [0.25, 0.3) is 0 Å². The summed E-state index contributed by atoms with van der Waals surface area (Å²) in [4.78, 5) is 34.6. The van der Waals surface area contributed by atoms with E-state index < -0.39 is 11.9 Å². The Morgan fingerprint density at radius 1 is 1.38 bits per heavy atom. The smallest absolute Gasteiger partial charge is 1.00 e. The average molecular weight is 236 g/mol. The average Bonchev–Trinajstić information content (AvgIpc) is 1.99. The summed E-state index contributed by atoms with van der Waals surface area (Å²) < 4.78 is 4.71. The van der Waals surface area contributed by atoms with E-state index in [1.807, 2.05) is 13.8 Å². The van der Waals surface area contributed by atoms with Gasteiger partial charge in [0.1, 0.15) is 0 Å². The molecule has 1 aliphatic rings. The Morgan fingerprint density at radius 2 is 1.81 bits per heavy atom. The van der Waals surface area contributed by atoms with Crippen molar-refractivity contribution in [2.45, 2.75) is 33.6 Å². The van der Waals surface area contributed by atoms with Crippen molar-refractivity contribution < 1.29 is 50.1 Å². The monoisotopic (exact) mass is 236 g/mol. The quantitative estimate of drug-likeness (QED) is 0.324. The van der Waals surface area contributed by atoms with Gasteiger partial charge in [-0.25, -0.2) is 0 Å². The largest absolute Gasteiger partial charge is 1.00 e. The van der Waals surface area contributed by atoms with Crippen LogP contribution in [-0.4, -0.2) is 24.1 Å². The van der Waals surface area contributed by atoms with Crippen LogP contribution in [0.25, 0.3) is 0 Å². The first kappa shape index (κ1) is 15.8. The Balaban J connectivity index is 0. The molecule has 0 radical (unpaired) electrons. The second-order valence-electron chi connectivity index (χ2n) is 4.64. The van der Waals surface area contributed by atoms with Gasteiger partial charge in [-0.15, -0.1) is 0 Å². The van der Waals surface area contributed by atoms with Crippen molar-refractivity contribution in [2.24, 2.45) is 11.3 Å². The van der Waals surface area contributed by atoms with Gasteiger partial charge < -0.3 is 6.16 Å². The van der Waals surface area contributed by atoms with Crippen LogP contribution in [0.15, 0.2) is 0 Å². The van der Waals surface area contributed by atoms with Crippen molar-refractivity contribution in [3.63, 3.8) is 0 Å². The molecule has 1 rings (SSSR count). The number of ketones is 2. The van der Waals surface area contributed by atoms with Crippen LogP contribution in [0.3, 0.4) is 0 Å². The molecular formula is C11H17NaO4. The van der Waals surface area contributed by atoms with Crippen molar-refractivity contribution in [2.75, 3.05) is 6.61 Å². The first-order chi connectivity index (χ1) is 6.87. The van der Waals surface area contributed by atoms with Crippen molar-refractivity contribution in [3.05, 3.63) is 0 Å². The molecule has 0 spiro atoms. The molecule has 5 heteroatoms. The molecule has 0 unspecified atom stereocenters. The normalized spacial score (nSPS) is 20.2. The van der Waals surface area contributed by atoms with Gasteiger partial charge in [0.05, 0.1) is 6.61 Å². The number of carbonyl (C=O) groups excluding carboxylic acids is 3. The summed E-state index contributed by atoms with van der Waals surface area (Å²) in [6.45, 7) is 5.55.